The summed E-state index contributed by atoms with van der Waals surface area (Å²) in [7, 11) is 1.76. The molecule has 1 saturated heterocycles. The fraction of sp³-hybridized carbons (Fsp3) is 0.769. The Morgan fingerprint density at radius 2 is 2.45 bits per heavy atom. The van der Waals surface area contributed by atoms with E-state index < -0.39 is 0 Å². The van der Waals surface area contributed by atoms with Crippen molar-refractivity contribution in [2.45, 2.75) is 38.8 Å². The van der Waals surface area contributed by atoms with Crippen LogP contribution < -0.4 is 5.32 Å². The third kappa shape index (κ3) is 3.93. The van der Waals surface area contributed by atoms with Crippen LogP contribution in [0.4, 0.5) is 4.79 Å². The Morgan fingerprint density at radius 3 is 3.15 bits per heavy atom. The third-order valence-corrected chi connectivity index (χ3v) is 3.84. The first kappa shape index (κ1) is 14.8. The van der Waals surface area contributed by atoms with Gasteiger partial charge in [0.05, 0.1) is 6.54 Å². The number of piperidine rings is 1. The number of likely N-dealkylation sites (tertiary alicyclic amines) is 1. The Kier molecular flexibility index (Phi) is 5.34. The summed E-state index contributed by atoms with van der Waals surface area (Å²) in [5.41, 5.74) is 0. The van der Waals surface area contributed by atoms with E-state index in [9.17, 15) is 4.79 Å². The Labute approximate surface area is 119 Å². The molecule has 0 bridgehead atoms. The van der Waals surface area contributed by atoms with Gasteiger partial charge in [0, 0.05) is 19.6 Å². The first-order chi connectivity index (χ1) is 9.70. The number of hydrogen-bond acceptors (Lipinski definition) is 4. The van der Waals surface area contributed by atoms with Crippen LogP contribution in [0, 0.1) is 0 Å². The summed E-state index contributed by atoms with van der Waals surface area (Å²) >= 11 is 0. The number of urea groups is 1. The van der Waals surface area contributed by atoms with Crippen molar-refractivity contribution in [2.24, 2.45) is 0 Å². The molecule has 112 valence electrons. The molecule has 1 fully saturated rings. The van der Waals surface area contributed by atoms with Crippen LogP contribution in [0.3, 0.4) is 0 Å². The van der Waals surface area contributed by atoms with Crippen LogP contribution in [0.15, 0.2) is 6.33 Å². The Balaban J connectivity index is 1.76. The van der Waals surface area contributed by atoms with Gasteiger partial charge >= 0.3 is 6.03 Å². The lowest BCUT2D eigenvalue weighted by molar-refractivity contribution is 0.149. The van der Waals surface area contributed by atoms with E-state index in [1.807, 2.05) is 0 Å². The monoisotopic (exact) mass is 280 g/mol. The van der Waals surface area contributed by atoms with Crippen LogP contribution >= 0.6 is 0 Å². The summed E-state index contributed by atoms with van der Waals surface area (Å²) in [6.07, 6.45) is 5.14. The minimum Gasteiger partial charge on any atom is -0.336 e. The number of aromatic nitrogens is 3. The number of likely N-dealkylation sites (N-methyl/N-ethyl adjacent to an activating group) is 1. The highest BCUT2D eigenvalue weighted by Gasteiger charge is 2.21. The predicted octanol–water partition coefficient (Wildman–Crippen LogP) is 0.821. The molecule has 1 aromatic heterocycles. The number of hydrogen-bond donors (Lipinski definition) is 2. The van der Waals surface area contributed by atoms with E-state index in [-0.39, 0.29) is 6.03 Å². The molecule has 0 aromatic carbocycles. The number of nitrogens with one attached hydrogen (secondary N) is 2. The lowest BCUT2D eigenvalue weighted by Gasteiger charge is -2.35. The van der Waals surface area contributed by atoms with Crippen molar-refractivity contribution in [3.63, 3.8) is 0 Å². The maximum absolute atomic E-state index is 12.0. The highest BCUT2D eigenvalue weighted by molar-refractivity contribution is 5.73. The summed E-state index contributed by atoms with van der Waals surface area (Å²) in [4.78, 5) is 20.1. The van der Waals surface area contributed by atoms with Gasteiger partial charge in [-0.3, -0.25) is 10.00 Å². The molecule has 1 aromatic rings. The Hall–Kier alpha value is -1.63. The minimum absolute atomic E-state index is 0.0666. The van der Waals surface area contributed by atoms with Gasteiger partial charge < -0.3 is 10.2 Å². The summed E-state index contributed by atoms with van der Waals surface area (Å²) in [6, 6.07) is 0.402. The molecule has 1 aliphatic rings. The lowest BCUT2D eigenvalue weighted by Crippen LogP contribution is -2.48. The summed E-state index contributed by atoms with van der Waals surface area (Å²) in [5.74, 6) is 0.690. The van der Waals surface area contributed by atoms with Gasteiger partial charge in [0.1, 0.15) is 12.2 Å². The molecule has 0 saturated carbocycles. The fourth-order valence-corrected chi connectivity index (χ4v) is 2.65. The number of amides is 2. The topological polar surface area (TPSA) is 77.2 Å². The first-order valence-corrected chi connectivity index (χ1v) is 7.28. The molecule has 0 spiro atoms. The van der Waals surface area contributed by atoms with Gasteiger partial charge in [-0.15, -0.1) is 0 Å². The molecule has 2 N–H and O–H groups in total. The molecule has 0 aliphatic carbocycles. The minimum atomic E-state index is -0.0666. The van der Waals surface area contributed by atoms with Gasteiger partial charge in [-0.1, -0.05) is 13.3 Å². The first-order valence-electron chi connectivity index (χ1n) is 7.28. The zero-order chi connectivity index (χ0) is 14.4. The number of nitrogens with zero attached hydrogens (tertiary/aromatic N) is 4. The van der Waals surface area contributed by atoms with Crippen molar-refractivity contribution in [1.29, 1.82) is 0 Å². The smallest absolute Gasteiger partial charge is 0.317 e. The highest BCUT2D eigenvalue weighted by atomic mass is 16.2. The average Bonchev–Trinajstić information content (AvgIpc) is 2.97. The van der Waals surface area contributed by atoms with Crippen molar-refractivity contribution in [2.75, 3.05) is 26.7 Å². The van der Waals surface area contributed by atoms with E-state index in [1.54, 1.807) is 11.9 Å². The molecule has 1 atom stereocenters. The summed E-state index contributed by atoms with van der Waals surface area (Å²) in [5, 5.41) is 9.54. The molecular formula is C13H24N6O. The van der Waals surface area contributed by atoms with E-state index in [4.69, 9.17) is 0 Å². The number of carbonyl (C=O) groups is 1. The Bertz CT molecular complexity index is 407. The maximum atomic E-state index is 12.0. The van der Waals surface area contributed by atoms with Gasteiger partial charge in [0.2, 0.25) is 0 Å². The fourth-order valence-electron chi connectivity index (χ4n) is 2.65. The van der Waals surface area contributed by atoms with Gasteiger partial charge in [-0.2, -0.15) is 5.10 Å². The second-order valence-corrected chi connectivity index (χ2v) is 5.25. The quantitative estimate of drug-likeness (QED) is 0.837. The van der Waals surface area contributed by atoms with E-state index in [2.05, 4.69) is 32.3 Å². The van der Waals surface area contributed by atoms with Crippen LogP contribution in [0.5, 0.6) is 0 Å². The van der Waals surface area contributed by atoms with E-state index in [0.29, 0.717) is 25.0 Å². The van der Waals surface area contributed by atoms with Crippen molar-refractivity contribution in [3.05, 3.63) is 12.2 Å². The van der Waals surface area contributed by atoms with Crippen LogP contribution in [0.1, 0.15) is 32.0 Å². The molecule has 7 heteroatoms. The molecule has 20 heavy (non-hydrogen) atoms. The van der Waals surface area contributed by atoms with Crippen LogP contribution in [0.2, 0.25) is 0 Å². The highest BCUT2D eigenvalue weighted by Crippen LogP contribution is 2.15. The van der Waals surface area contributed by atoms with Gasteiger partial charge in [-0.25, -0.2) is 9.78 Å². The van der Waals surface area contributed by atoms with E-state index in [1.165, 1.54) is 25.6 Å². The second kappa shape index (κ2) is 7.23. The zero-order valence-electron chi connectivity index (χ0n) is 12.3. The number of H-pyrrole nitrogens is 1. The van der Waals surface area contributed by atoms with E-state index in [0.717, 1.165) is 13.1 Å². The van der Waals surface area contributed by atoms with Crippen molar-refractivity contribution < 1.29 is 4.79 Å². The molecular weight excluding hydrogens is 256 g/mol. The largest absolute Gasteiger partial charge is 0.336 e. The molecule has 2 amide bonds. The third-order valence-electron chi connectivity index (χ3n) is 3.84. The number of rotatable bonds is 5. The molecule has 2 heterocycles. The van der Waals surface area contributed by atoms with Gasteiger partial charge in [-0.05, 0) is 25.9 Å². The normalized spacial score (nSPS) is 19.8. The molecule has 1 unspecified atom stereocenters. The van der Waals surface area contributed by atoms with Gasteiger partial charge in [0.15, 0.2) is 0 Å². The SMILES string of the molecule is CCN1CCCCC1CNC(=O)N(C)Cc1ncn[nH]1. The molecule has 0 radical (unpaired) electrons. The number of aromatic amines is 1. The van der Waals surface area contributed by atoms with Crippen LogP contribution in [-0.2, 0) is 6.54 Å². The molecule has 1 aliphatic heterocycles. The second-order valence-electron chi connectivity index (χ2n) is 5.25. The summed E-state index contributed by atoms with van der Waals surface area (Å²) < 4.78 is 0. The zero-order valence-corrected chi connectivity index (χ0v) is 12.3. The average molecular weight is 280 g/mol. The standard InChI is InChI=1S/C13H24N6O/c1-3-19-7-5-4-6-11(19)8-14-13(20)18(2)9-12-15-10-16-17-12/h10-11H,3-9H2,1-2H3,(H,14,20)(H,15,16,17). The van der Waals surface area contributed by atoms with Gasteiger partial charge in [0.25, 0.3) is 0 Å². The van der Waals surface area contributed by atoms with Crippen LogP contribution in [-0.4, -0.2) is 63.7 Å². The summed E-state index contributed by atoms with van der Waals surface area (Å²) in [6.45, 7) is 5.52. The molecule has 2 rings (SSSR count). The number of carbonyl (C=O) groups excluding carboxylic acids is 1. The molecule has 7 nitrogen and oxygen atoms in total. The lowest BCUT2D eigenvalue weighted by atomic mass is 10.0. The van der Waals surface area contributed by atoms with E-state index >= 15 is 0 Å². The van der Waals surface area contributed by atoms with Crippen LogP contribution in [0.25, 0.3) is 0 Å². The van der Waals surface area contributed by atoms with Crippen molar-refractivity contribution >= 4 is 6.03 Å². The Morgan fingerprint density at radius 1 is 1.60 bits per heavy atom. The van der Waals surface area contributed by atoms with Crippen molar-refractivity contribution in [3.8, 4) is 0 Å². The maximum Gasteiger partial charge on any atom is 0.317 e. The predicted molar refractivity (Wildman–Crippen MR) is 76.1 cm³/mol. The van der Waals surface area contributed by atoms with Crippen molar-refractivity contribution in [1.82, 2.24) is 30.3 Å².